The molecule has 0 radical (unpaired) electrons. The van der Waals surface area contributed by atoms with Crippen LogP contribution < -0.4 is 0 Å². The standard InChI is InChI=1S/C11H15BrO2/c1-3-14-7-10(13)9-6-4-5-8(2)11(9)12/h4-6,10,13H,3,7H2,1-2H3. The first-order valence-corrected chi connectivity index (χ1v) is 5.47. The largest absolute Gasteiger partial charge is 0.386 e. The van der Waals surface area contributed by atoms with E-state index in [9.17, 15) is 5.11 Å². The van der Waals surface area contributed by atoms with Crippen LogP contribution in [0.3, 0.4) is 0 Å². The lowest BCUT2D eigenvalue weighted by Gasteiger charge is -2.13. The van der Waals surface area contributed by atoms with Gasteiger partial charge in [-0.15, -0.1) is 0 Å². The van der Waals surface area contributed by atoms with Crippen molar-refractivity contribution in [2.24, 2.45) is 0 Å². The Morgan fingerprint density at radius 3 is 2.86 bits per heavy atom. The van der Waals surface area contributed by atoms with Crippen LogP contribution in [0.15, 0.2) is 22.7 Å². The van der Waals surface area contributed by atoms with Crippen molar-refractivity contribution in [3.05, 3.63) is 33.8 Å². The summed E-state index contributed by atoms with van der Waals surface area (Å²) >= 11 is 3.46. The maximum atomic E-state index is 9.80. The molecule has 0 saturated heterocycles. The second-order valence-electron chi connectivity index (χ2n) is 3.15. The molecule has 1 N–H and O–H groups in total. The van der Waals surface area contributed by atoms with Gasteiger partial charge in [-0.05, 0) is 25.0 Å². The van der Waals surface area contributed by atoms with E-state index in [-0.39, 0.29) is 0 Å². The normalized spacial score (nSPS) is 12.9. The first-order valence-electron chi connectivity index (χ1n) is 4.67. The maximum absolute atomic E-state index is 9.80. The van der Waals surface area contributed by atoms with Crippen molar-refractivity contribution >= 4 is 15.9 Å². The van der Waals surface area contributed by atoms with Gasteiger partial charge in [-0.2, -0.15) is 0 Å². The number of ether oxygens (including phenoxy) is 1. The molecule has 2 nitrogen and oxygen atoms in total. The van der Waals surface area contributed by atoms with Gasteiger partial charge >= 0.3 is 0 Å². The van der Waals surface area contributed by atoms with E-state index in [1.165, 1.54) is 0 Å². The van der Waals surface area contributed by atoms with Crippen LogP contribution in [0, 0.1) is 6.92 Å². The van der Waals surface area contributed by atoms with Crippen LogP contribution >= 0.6 is 15.9 Å². The molecule has 1 aromatic rings. The van der Waals surface area contributed by atoms with Crippen molar-refractivity contribution < 1.29 is 9.84 Å². The number of aliphatic hydroxyl groups is 1. The number of rotatable bonds is 4. The highest BCUT2D eigenvalue weighted by Gasteiger charge is 2.11. The fourth-order valence-corrected chi connectivity index (χ4v) is 1.78. The molecule has 0 aliphatic heterocycles. The van der Waals surface area contributed by atoms with Gasteiger partial charge in [0.05, 0.1) is 6.61 Å². The summed E-state index contributed by atoms with van der Waals surface area (Å²) in [6, 6.07) is 5.84. The molecule has 0 aliphatic rings. The molecular formula is C11H15BrO2. The van der Waals surface area contributed by atoms with Gasteiger partial charge < -0.3 is 9.84 Å². The van der Waals surface area contributed by atoms with E-state index in [0.29, 0.717) is 13.2 Å². The predicted octanol–water partition coefficient (Wildman–Crippen LogP) is 2.83. The average Bonchev–Trinajstić information content (AvgIpc) is 2.18. The molecule has 78 valence electrons. The smallest absolute Gasteiger partial charge is 0.103 e. The van der Waals surface area contributed by atoms with Gasteiger partial charge in [-0.1, -0.05) is 34.1 Å². The Morgan fingerprint density at radius 2 is 2.21 bits per heavy atom. The van der Waals surface area contributed by atoms with Crippen molar-refractivity contribution in [2.75, 3.05) is 13.2 Å². The second-order valence-corrected chi connectivity index (χ2v) is 3.95. The zero-order chi connectivity index (χ0) is 10.6. The summed E-state index contributed by atoms with van der Waals surface area (Å²) in [4.78, 5) is 0. The van der Waals surface area contributed by atoms with E-state index in [4.69, 9.17) is 4.74 Å². The van der Waals surface area contributed by atoms with Gasteiger partial charge in [0.25, 0.3) is 0 Å². The number of hydrogen-bond acceptors (Lipinski definition) is 2. The Bertz CT molecular complexity index is 299. The van der Waals surface area contributed by atoms with E-state index in [1.54, 1.807) is 0 Å². The van der Waals surface area contributed by atoms with Crippen molar-refractivity contribution in [1.82, 2.24) is 0 Å². The number of aliphatic hydroxyl groups excluding tert-OH is 1. The molecule has 14 heavy (non-hydrogen) atoms. The van der Waals surface area contributed by atoms with E-state index >= 15 is 0 Å². The molecule has 1 atom stereocenters. The van der Waals surface area contributed by atoms with Crippen LogP contribution in [0.1, 0.15) is 24.2 Å². The Balaban J connectivity index is 2.79. The quantitative estimate of drug-likeness (QED) is 0.900. The second kappa shape index (κ2) is 5.49. The van der Waals surface area contributed by atoms with Crippen molar-refractivity contribution in [3.63, 3.8) is 0 Å². The van der Waals surface area contributed by atoms with Gasteiger partial charge in [-0.25, -0.2) is 0 Å². The average molecular weight is 259 g/mol. The first-order chi connectivity index (χ1) is 6.66. The highest BCUT2D eigenvalue weighted by molar-refractivity contribution is 9.10. The summed E-state index contributed by atoms with van der Waals surface area (Å²) in [6.45, 7) is 4.89. The molecule has 1 unspecified atom stereocenters. The molecular weight excluding hydrogens is 244 g/mol. The van der Waals surface area contributed by atoms with Crippen molar-refractivity contribution in [3.8, 4) is 0 Å². The Morgan fingerprint density at radius 1 is 1.50 bits per heavy atom. The van der Waals surface area contributed by atoms with Gasteiger partial charge in [0, 0.05) is 11.1 Å². The number of halogens is 1. The third-order valence-corrected chi connectivity index (χ3v) is 3.14. The highest BCUT2D eigenvalue weighted by Crippen LogP contribution is 2.26. The van der Waals surface area contributed by atoms with E-state index in [0.717, 1.165) is 15.6 Å². The molecule has 0 amide bonds. The van der Waals surface area contributed by atoms with E-state index < -0.39 is 6.10 Å². The van der Waals surface area contributed by atoms with E-state index in [2.05, 4.69) is 15.9 Å². The fraction of sp³-hybridized carbons (Fsp3) is 0.455. The molecule has 1 rings (SSSR count). The molecule has 0 spiro atoms. The molecule has 0 heterocycles. The molecule has 0 aliphatic carbocycles. The van der Waals surface area contributed by atoms with Gasteiger partial charge in [0.1, 0.15) is 6.10 Å². The molecule has 1 aromatic carbocycles. The van der Waals surface area contributed by atoms with Crippen LogP contribution in [-0.2, 0) is 4.74 Å². The lowest BCUT2D eigenvalue weighted by atomic mass is 10.1. The summed E-state index contributed by atoms with van der Waals surface area (Å²) in [6.07, 6.45) is -0.552. The maximum Gasteiger partial charge on any atom is 0.103 e. The summed E-state index contributed by atoms with van der Waals surface area (Å²) in [5.74, 6) is 0. The minimum absolute atomic E-state index is 0.346. The Hall–Kier alpha value is -0.380. The van der Waals surface area contributed by atoms with Crippen molar-refractivity contribution in [2.45, 2.75) is 20.0 Å². The molecule has 0 fully saturated rings. The molecule has 3 heteroatoms. The van der Waals surface area contributed by atoms with Gasteiger partial charge in [0.15, 0.2) is 0 Å². The van der Waals surface area contributed by atoms with Gasteiger partial charge in [0.2, 0.25) is 0 Å². The topological polar surface area (TPSA) is 29.5 Å². The SMILES string of the molecule is CCOCC(O)c1cccc(C)c1Br. The molecule has 0 bridgehead atoms. The van der Waals surface area contributed by atoms with Crippen LogP contribution in [0.2, 0.25) is 0 Å². The molecule has 0 saturated carbocycles. The van der Waals surface area contributed by atoms with Crippen LogP contribution in [0.4, 0.5) is 0 Å². The van der Waals surface area contributed by atoms with Crippen LogP contribution in [-0.4, -0.2) is 18.3 Å². The molecule has 0 aromatic heterocycles. The minimum Gasteiger partial charge on any atom is -0.386 e. The zero-order valence-electron chi connectivity index (χ0n) is 8.46. The van der Waals surface area contributed by atoms with Crippen LogP contribution in [0.5, 0.6) is 0 Å². The first kappa shape index (κ1) is 11.7. The lowest BCUT2D eigenvalue weighted by Crippen LogP contribution is -2.08. The summed E-state index contributed by atoms with van der Waals surface area (Å²) in [5, 5.41) is 9.80. The summed E-state index contributed by atoms with van der Waals surface area (Å²) < 4.78 is 6.14. The predicted molar refractivity (Wildman–Crippen MR) is 60.3 cm³/mol. The van der Waals surface area contributed by atoms with Crippen LogP contribution in [0.25, 0.3) is 0 Å². The third-order valence-electron chi connectivity index (χ3n) is 2.06. The number of aryl methyl sites for hydroxylation is 1. The number of hydrogen-bond donors (Lipinski definition) is 1. The monoisotopic (exact) mass is 258 g/mol. The summed E-state index contributed by atoms with van der Waals surface area (Å²) in [5.41, 5.74) is 2.01. The fourth-order valence-electron chi connectivity index (χ4n) is 1.25. The third kappa shape index (κ3) is 2.80. The Labute approximate surface area is 93.0 Å². The van der Waals surface area contributed by atoms with Crippen molar-refractivity contribution in [1.29, 1.82) is 0 Å². The van der Waals surface area contributed by atoms with Gasteiger partial charge in [-0.3, -0.25) is 0 Å². The number of benzene rings is 1. The zero-order valence-corrected chi connectivity index (χ0v) is 10.0. The minimum atomic E-state index is -0.552. The Kier molecular flexibility index (Phi) is 4.58. The lowest BCUT2D eigenvalue weighted by molar-refractivity contribution is 0.0416. The van der Waals surface area contributed by atoms with E-state index in [1.807, 2.05) is 32.0 Å². The highest BCUT2D eigenvalue weighted by atomic mass is 79.9. The summed E-state index contributed by atoms with van der Waals surface area (Å²) in [7, 11) is 0.